The minimum absolute atomic E-state index is 0.0576. The molecule has 2 rings (SSSR count). The van der Waals surface area contributed by atoms with Gasteiger partial charge < -0.3 is 5.73 Å². The zero-order valence-electron chi connectivity index (χ0n) is 11.1. The molecule has 1 aliphatic carbocycles. The summed E-state index contributed by atoms with van der Waals surface area (Å²) in [5.41, 5.74) is 5.80. The van der Waals surface area contributed by atoms with E-state index in [4.69, 9.17) is 5.73 Å². The first kappa shape index (κ1) is 14.9. The topological polar surface area (TPSA) is 115 Å². The van der Waals surface area contributed by atoms with Crippen LogP contribution in [0.5, 0.6) is 0 Å². The van der Waals surface area contributed by atoms with Crippen molar-refractivity contribution in [3.8, 4) is 0 Å². The maximum atomic E-state index is 12.3. The molecule has 1 aliphatic rings. The predicted octanol–water partition coefficient (Wildman–Crippen LogP) is 0.919. The standard InChI is InChI=1S/C12H17N3O4S/c1-8-6-10(15(16)17)4-5-12(8)20(18,19)14-11(7-13)9-2-3-9/h4-6,9,11,14H,2-3,7,13H2,1H3. The minimum Gasteiger partial charge on any atom is -0.329 e. The lowest BCUT2D eigenvalue weighted by molar-refractivity contribution is -0.385. The number of nitro benzene ring substituents is 1. The van der Waals surface area contributed by atoms with Gasteiger partial charge in [0, 0.05) is 24.7 Å². The lowest BCUT2D eigenvalue weighted by Gasteiger charge is -2.17. The number of rotatable bonds is 6. The van der Waals surface area contributed by atoms with E-state index in [-0.39, 0.29) is 23.2 Å². The second-order valence-electron chi connectivity index (χ2n) is 5.01. The van der Waals surface area contributed by atoms with Crippen LogP contribution in [0, 0.1) is 23.0 Å². The Hall–Kier alpha value is -1.51. The second-order valence-corrected chi connectivity index (χ2v) is 6.69. The highest BCUT2D eigenvalue weighted by atomic mass is 32.2. The van der Waals surface area contributed by atoms with E-state index >= 15 is 0 Å². The minimum atomic E-state index is -3.70. The van der Waals surface area contributed by atoms with E-state index in [1.54, 1.807) is 0 Å². The summed E-state index contributed by atoms with van der Waals surface area (Å²) in [6.07, 6.45) is 1.95. The highest BCUT2D eigenvalue weighted by Gasteiger charge is 2.33. The van der Waals surface area contributed by atoms with Crippen molar-refractivity contribution in [2.24, 2.45) is 11.7 Å². The van der Waals surface area contributed by atoms with E-state index in [1.807, 2.05) is 0 Å². The average Bonchev–Trinajstić information content (AvgIpc) is 3.19. The van der Waals surface area contributed by atoms with Crippen molar-refractivity contribution in [3.05, 3.63) is 33.9 Å². The first-order valence-corrected chi connectivity index (χ1v) is 7.81. The van der Waals surface area contributed by atoms with E-state index in [0.29, 0.717) is 11.5 Å². The zero-order chi connectivity index (χ0) is 14.9. The number of nitro groups is 1. The summed E-state index contributed by atoms with van der Waals surface area (Å²) >= 11 is 0. The van der Waals surface area contributed by atoms with E-state index in [0.717, 1.165) is 12.8 Å². The Balaban J connectivity index is 2.27. The molecule has 0 radical (unpaired) electrons. The first-order chi connectivity index (χ1) is 9.35. The predicted molar refractivity (Wildman–Crippen MR) is 73.7 cm³/mol. The number of aryl methyl sites for hydroxylation is 1. The fourth-order valence-electron chi connectivity index (χ4n) is 2.15. The summed E-state index contributed by atoms with van der Waals surface area (Å²) in [5.74, 6) is 0.299. The fraction of sp³-hybridized carbons (Fsp3) is 0.500. The van der Waals surface area contributed by atoms with Crippen molar-refractivity contribution < 1.29 is 13.3 Å². The van der Waals surface area contributed by atoms with Gasteiger partial charge in [0.05, 0.1) is 9.82 Å². The number of sulfonamides is 1. The summed E-state index contributed by atoms with van der Waals surface area (Å²) in [5, 5.41) is 10.7. The number of benzene rings is 1. The fourth-order valence-corrected chi connectivity index (χ4v) is 3.69. The van der Waals surface area contributed by atoms with Crippen LogP contribution in [0.15, 0.2) is 23.1 Å². The molecule has 1 atom stereocenters. The van der Waals surface area contributed by atoms with Crippen molar-refractivity contribution in [2.75, 3.05) is 6.54 Å². The molecular weight excluding hydrogens is 282 g/mol. The Morgan fingerprint density at radius 1 is 1.50 bits per heavy atom. The highest BCUT2D eigenvalue weighted by Crippen LogP contribution is 2.33. The molecule has 8 heteroatoms. The maximum Gasteiger partial charge on any atom is 0.269 e. The van der Waals surface area contributed by atoms with Gasteiger partial charge in [0.1, 0.15) is 0 Å². The molecule has 0 aromatic heterocycles. The Morgan fingerprint density at radius 3 is 2.60 bits per heavy atom. The number of hydrogen-bond acceptors (Lipinski definition) is 5. The van der Waals surface area contributed by atoms with Crippen molar-refractivity contribution in [3.63, 3.8) is 0 Å². The lowest BCUT2D eigenvalue weighted by Crippen LogP contribution is -2.41. The number of non-ortho nitro benzene ring substituents is 1. The third-order valence-electron chi connectivity index (χ3n) is 3.41. The normalized spacial score (nSPS) is 16.9. The van der Waals surface area contributed by atoms with Crippen LogP contribution in [0.25, 0.3) is 0 Å². The van der Waals surface area contributed by atoms with Crippen LogP contribution in [0.1, 0.15) is 18.4 Å². The van der Waals surface area contributed by atoms with Gasteiger partial charge >= 0.3 is 0 Å². The van der Waals surface area contributed by atoms with Gasteiger partial charge in [-0.25, -0.2) is 13.1 Å². The van der Waals surface area contributed by atoms with E-state index in [2.05, 4.69) is 4.72 Å². The summed E-state index contributed by atoms with van der Waals surface area (Å²) in [4.78, 5) is 10.2. The smallest absolute Gasteiger partial charge is 0.269 e. The van der Waals surface area contributed by atoms with Crippen LogP contribution in [0.2, 0.25) is 0 Å². The van der Waals surface area contributed by atoms with E-state index < -0.39 is 14.9 Å². The summed E-state index contributed by atoms with van der Waals surface area (Å²) in [6, 6.07) is 3.44. The van der Waals surface area contributed by atoms with Gasteiger partial charge in [-0.15, -0.1) is 0 Å². The van der Waals surface area contributed by atoms with Gasteiger partial charge in [-0.1, -0.05) is 0 Å². The SMILES string of the molecule is Cc1cc([N+](=O)[O-])ccc1S(=O)(=O)NC(CN)C1CC1. The first-order valence-electron chi connectivity index (χ1n) is 6.32. The van der Waals surface area contributed by atoms with Crippen LogP contribution in [-0.4, -0.2) is 25.9 Å². The van der Waals surface area contributed by atoms with Crippen LogP contribution >= 0.6 is 0 Å². The number of nitrogens with zero attached hydrogens (tertiary/aromatic N) is 1. The third-order valence-corrected chi connectivity index (χ3v) is 5.06. The molecule has 7 nitrogen and oxygen atoms in total. The molecule has 0 aliphatic heterocycles. The van der Waals surface area contributed by atoms with Crippen molar-refractivity contribution >= 4 is 15.7 Å². The number of hydrogen-bond donors (Lipinski definition) is 2. The quantitative estimate of drug-likeness (QED) is 0.598. The third kappa shape index (κ3) is 3.14. The molecule has 3 N–H and O–H groups in total. The molecule has 1 fully saturated rings. The van der Waals surface area contributed by atoms with E-state index in [9.17, 15) is 18.5 Å². The Bertz CT molecular complexity index is 626. The molecule has 0 saturated heterocycles. The van der Waals surface area contributed by atoms with E-state index in [1.165, 1.54) is 25.1 Å². The molecule has 1 unspecified atom stereocenters. The molecule has 1 aromatic carbocycles. The Labute approximate surface area is 117 Å². The van der Waals surface area contributed by atoms with Crippen LogP contribution in [-0.2, 0) is 10.0 Å². The van der Waals surface area contributed by atoms with Gasteiger partial charge in [0.2, 0.25) is 10.0 Å². The van der Waals surface area contributed by atoms with Gasteiger partial charge in [-0.2, -0.15) is 0 Å². The van der Waals surface area contributed by atoms with Crippen LogP contribution < -0.4 is 10.5 Å². The summed E-state index contributed by atoms with van der Waals surface area (Å²) in [7, 11) is -3.70. The van der Waals surface area contributed by atoms with Crippen molar-refractivity contribution in [1.29, 1.82) is 0 Å². The highest BCUT2D eigenvalue weighted by molar-refractivity contribution is 7.89. The Kier molecular flexibility index (Phi) is 4.07. The molecule has 1 aromatic rings. The zero-order valence-corrected chi connectivity index (χ0v) is 11.9. The molecular formula is C12H17N3O4S. The monoisotopic (exact) mass is 299 g/mol. The average molecular weight is 299 g/mol. The van der Waals surface area contributed by atoms with Crippen molar-refractivity contribution in [2.45, 2.75) is 30.7 Å². The second kappa shape index (κ2) is 5.47. The maximum absolute atomic E-state index is 12.3. The van der Waals surface area contributed by atoms with Crippen molar-refractivity contribution in [1.82, 2.24) is 4.72 Å². The largest absolute Gasteiger partial charge is 0.329 e. The van der Waals surface area contributed by atoms with Crippen LogP contribution in [0.4, 0.5) is 5.69 Å². The molecule has 1 saturated carbocycles. The van der Waals surface area contributed by atoms with Gasteiger partial charge in [-0.05, 0) is 37.3 Å². The summed E-state index contributed by atoms with van der Waals surface area (Å²) < 4.78 is 27.2. The molecule has 0 spiro atoms. The molecule has 110 valence electrons. The number of nitrogens with one attached hydrogen (secondary N) is 1. The molecule has 20 heavy (non-hydrogen) atoms. The number of nitrogens with two attached hydrogens (primary N) is 1. The van der Waals surface area contributed by atoms with Gasteiger partial charge in [-0.3, -0.25) is 10.1 Å². The molecule has 0 heterocycles. The Morgan fingerprint density at radius 2 is 2.15 bits per heavy atom. The van der Waals surface area contributed by atoms with Gasteiger partial charge in [0.25, 0.3) is 5.69 Å². The summed E-state index contributed by atoms with van der Waals surface area (Å²) in [6.45, 7) is 1.78. The lowest BCUT2D eigenvalue weighted by atomic mass is 10.2. The van der Waals surface area contributed by atoms with Gasteiger partial charge in [0.15, 0.2) is 0 Å². The molecule has 0 amide bonds. The van der Waals surface area contributed by atoms with Crippen LogP contribution in [0.3, 0.4) is 0 Å². The molecule has 0 bridgehead atoms.